The highest BCUT2D eigenvalue weighted by molar-refractivity contribution is 7.18. The molecule has 0 amide bonds. The van der Waals surface area contributed by atoms with Gasteiger partial charge in [-0.3, -0.25) is 4.98 Å². The molecular formula is C16H19N7S. The summed E-state index contributed by atoms with van der Waals surface area (Å²) >= 11 is 1.62. The van der Waals surface area contributed by atoms with Crippen LogP contribution in [0, 0.1) is 5.92 Å². The van der Waals surface area contributed by atoms with Crippen molar-refractivity contribution in [2.45, 2.75) is 19.3 Å². The van der Waals surface area contributed by atoms with Crippen LogP contribution in [-0.4, -0.2) is 43.0 Å². The van der Waals surface area contributed by atoms with Crippen molar-refractivity contribution in [2.75, 3.05) is 18.0 Å². The summed E-state index contributed by atoms with van der Waals surface area (Å²) in [6.07, 6.45) is 6.84. The van der Waals surface area contributed by atoms with Crippen molar-refractivity contribution in [3.05, 3.63) is 36.5 Å². The fourth-order valence-electron chi connectivity index (χ4n) is 3.01. The largest absolute Gasteiger partial charge is 0.347 e. The topological polar surface area (TPSA) is 72.6 Å². The first-order valence-corrected chi connectivity index (χ1v) is 8.94. The number of pyridine rings is 1. The lowest BCUT2D eigenvalue weighted by molar-refractivity contribution is 0.392. The predicted octanol–water partition coefficient (Wildman–Crippen LogP) is 2.19. The minimum atomic E-state index is 0.660. The van der Waals surface area contributed by atoms with Gasteiger partial charge >= 0.3 is 0 Å². The molecule has 1 fully saturated rings. The standard InChI is InChI=1S/C16H19N7S/c1-22-11-18-19-14(22)10-12-5-8-23(9-6-12)16-21-20-15(24-16)13-4-2-3-7-17-13/h2-4,7,11-12H,5-6,8-10H2,1H3. The first-order valence-electron chi connectivity index (χ1n) is 8.12. The van der Waals surface area contributed by atoms with Crippen LogP contribution in [0.15, 0.2) is 30.7 Å². The van der Waals surface area contributed by atoms with E-state index >= 15 is 0 Å². The molecule has 0 radical (unpaired) electrons. The van der Waals surface area contributed by atoms with Crippen LogP contribution in [0.2, 0.25) is 0 Å². The molecule has 0 aromatic carbocycles. The second kappa shape index (κ2) is 6.64. The van der Waals surface area contributed by atoms with E-state index in [2.05, 4.69) is 30.3 Å². The van der Waals surface area contributed by atoms with Crippen LogP contribution < -0.4 is 4.90 Å². The average Bonchev–Trinajstić information content (AvgIpc) is 3.26. The maximum absolute atomic E-state index is 4.36. The summed E-state index contributed by atoms with van der Waals surface area (Å²) in [7, 11) is 2.00. The van der Waals surface area contributed by atoms with Crippen molar-refractivity contribution in [2.24, 2.45) is 13.0 Å². The van der Waals surface area contributed by atoms with E-state index in [0.29, 0.717) is 5.92 Å². The second-order valence-electron chi connectivity index (χ2n) is 6.10. The van der Waals surface area contributed by atoms with Gasteiger partial charge in [-0.25, -0.2) is 0 Å². The van der Waals surface area contributed by atoms with Crippen LogP contribution in [0.25, 0.3) is 10.7 Å². The van der Waals surface area contributed by atoms with Crippen molar-refractivity contribution in [1.29, 1.82) is 0 Å². The van der Waals surface area contributed by atoms with E-state index in [0.717, 1.165) is 54.0 Å². The summed E-state index contributed by atoms with van der Waals surface area (Å²) < 4.78 is 2.01. The fraction of sp³-hybridized carbons (Fsp3) is 0.438. The first kappa shape index (κ1) is 15.2. The zero-order valence-electron chi connectivity index (χ0n) is 13.5. The van der Waals surface area contributed by atoms with Gasteiger partial charge in [-0.05, 0) is 30.9 Å². The SMILES string of the molecule is Cn1cnnc1CC1CCN(c2nnc(-c3ccccn3)s2)CC1. The minimum Gasteiger partial charge on any atom is -0.347 e. The number of hydrogen-bond acceptors (Lipinski definition) is 7. The van der Waals surface area contributed by atoms with Gasteiger partial charge in [-0.15, -0.1) is 20.4 Å². The van der Waals surface area contributed by atoms with E-state index < -0.39 is 0 Å². The molecule has 0 spiro atoms. The van der Waals surface area contributed by atoms with Crippen LogP contribution >= 0.6 is 11.3 Å². The number of anilines is 1. The lowest BCUT2D eigenvalue weighted by Gasteiger charge is -2.31. The molecular weight excluding hydrogens is 322 g/mol. The lowest BCUT2D eigenvalue weighted by atomic mass is 9.93. The number of rotatable bonds is 4. The van der Waals surface area contributed by atoms with Gasteiger partial charge in [-0.2, -0.15) is 0 Å². The van der Waals surface area contributed by atoms with Crippen molar-refractivity contribution in [3.8, 4) is 10.7 Å². The number of hydrogen-bond donors (Lipinski definition) is 0. The van der Waals surface area contributed by atoms with Crippen LogP contribution in [-0.2, 0) is 13.5 Å². The molecule has 124 valence electrons. The molecule has 3 aromatic rings. The average molecular weight is 341 g/mol. The van der Waals surface area contributed by atoms with E-state index in [-0.39, 0.29) is 0 Å². The van der Waals surface area contributed by atoms with Gasteiger partial charge in [0.25, 0.3) is 0 Å². The third-order valence-corrected chi connectivity index (χ3v) is 5.47. The zero-order valence-corrected chi connectivity index (χ0v) is 14.4. The highest BCUT2D eigenvalue weighted by atomic mass is 32.1. The molecule has 0 atom stereocenters. The number of piperidine rings is 1. The molecule has 0 N–H and O–H groups in total. The Labute approximate surface area is 144 Å². The van der Waals surface area contributed by atoms with Gasteiger partial charge in [0.05, 0.1) is 0 Å². The molecule has 4 heterocycles. The third kappa shape index (κ3) is 3.14. The molecule has 0 bridgehead atoms. The Kier molecular flexibility index (Phi) is 4.20. The van der Waals surface area contributed by atoms with Crippen LogP contribution in [0.3, 0.4) is 0 Å². The monoisotopic (exact) mass is 341 g/mol. The molecule has 0 saturated carbocycles. The summed E-state index contributed by atoms with van der Waals surface area (Å²) in [5.74, 6) is 1.73. The fourth-order valence-corrected chi connectivity index (χ4v) is 3.89. The molecule has 7 nitrogen and oxygen atoms in total. The lowest BCUT2D eigenvalue weighted by Crippen LogP contribution is -2.34. The van der Waals surface area contributed by atoms with Gasteiger partial charge in [0.2, 0.25) is 5.13 Å². The van der Waals surface area contributed by atoms with Crippen LogP contribution in [0.5, 0.6) is 0 Å². The molecule has 0 aliphatic carbocycles. The Hall–Kier alpha value is -2.35. The number of aryl methyl sites for hydroxylation is 1. The maximum atomic E-state index is 4.36. The third-order valence-electron chi connectivity index (χ3n) is 4.46. The Morgan fingerprint density at radius 3 is 2.75 bits per heavy atom. The summed E-state index contributed by atoms with van der Waals surface area (Å²) in [4.78, 5) is 6.67. The Morgan fingerprint density at radius 2 is 2.04 bits per heavy atom. The van der Waals surface area contributed by atoms with Gasteiger partial charge in [-0.1, -0.05) is 17.4 Å². The van der Waals surface area contributed by atoms with Crippen LogP contribution in [0.4, 0.5) is 5.13 Å². The smallest absolute Gasteiger partial charge is 0.208 e. The first-order chi connectivity index (χ1) is 11.8. The quantitative estimate of drug-likeness (QED) is 0.724. The Balaban J connectivity index is 1.38. The molecule has 1 aliphatic rings. The minimum absolute atomic E-state index is 0.660. The predicted molar refractivity (Wildman–Crippen MR) is 92.8 cm³/mol. The van der Waals surface area contributed by atoms with Crippen molar-refractivity contribution >= 4 is 16.5 Å². The highest BCUT2D eigenvalue weighted by Gasteiger charge is 2.23. The van der Waals surface area contributed by atoms with Gasteiger partial charge in [0.15, 0.2) is 5.01 Å². The van der Waals surface area contributed by atoms with Crippen LogP contribution in [0.1, 0.15) is 18.7 Å². The van der Waals surface area contributed by atoms with Crippen molar-refractivity contribution in [3.63, 3.8) is 0 Å². The van der Waals surface area contributed by atoms with Gasteiger partial charge in [0, 0.05) is 32.8 Å². The maximum Gasteiger partial charge on any atom is 0.208 e. The summed E-state index contributed by atoms with van der Waals surface area (Å²) in [6.45, 7) is 2.03. The normalized spacial score (nSPS) is 15.8. The highest BCUT2D eigenvalue weighted by Crippen LogP contribution is 2.30. The Bertz CT molecular complexity index is 790. The second-order valence-corrected chi connectivity index (χ2v) is 7.05. The van der Waals surface area contributed by atoms with Gasteiger partial charge < -0.3 is 9.47 Å². The number of aromatic nitrogens is 6. The molecule has 8 heteroatoms. The van der Waals surface area contributed by atoms with E-state index in [1.165, 1.54) is 0 Å². The van der Waals surface area contributed by atoms with E-state index in [4.69, 9.17) is 0 Å². The number of nitrogens with zero attached hydrogens (tertiary/aromatic N) is 7. The molecule has 4 rings (SSSR count). The van der Waals surface area contributed by atoms with E-state index in [9.17, 15) is 0 Å². The molecule has 0 unspecified atom stereocenters. The molecule has 1 aliphatic heterocycles. The molecule has 24 heavy (non-hydrogen) atoms. The summed E-state index contributed by atoms with van der Waals surface area (Å²) in [5, 5.41) is 18.7. The van der Waals surface area contributed by atoms with Crippen molar-refractivity contribution < 1.29 is 0 Å². The van der Waals surface area contributed by atoms with Crippen molar-refractivity contribution in [1.82, 2.24) is 29.9 Å². The van der Waals surface area contributed by atoms with E-state index in [1.54, 1.807) is 23.9 Å². The molecule has 3 aromatic heterocycles. The van der Waals surface area contributed by atoms with E-state index in [1.807, 2.05) is 29.8 Å². The van der Waals surface area contributed by atoms with Gasteiger partial charge in [0.1, 0.15) is 17.8 Å². The molecule has 1 saturated heterocycles. The summed E-state index contributed by atoms with van der Waals surface area (Å²) in [5.41, 5.74) is 0.887. The zero-order chi connectivity index (χ0) is 16.4. The Morgan fingerprint density at radius 1 is 1.17 bits per heavy atom. The summed E-state index contributed by atoms with van der Waals surface area (Å²) in [6, 6.07) is 5.85.